The fraction of sp³-hybridized carbons (Fsp3) is 0.150. The standard InChI is InChI=1S/C20H18FNOS/c1-2-15-9-11-16(12-10-15)22(14-17-6-5-13-24-17)20(23)18-7-3-4-8-19(18)21/h3-13H,2,14H2,1H3. The van der Waals surface area contributed by atoms with Gasteiger partial charge in [-0.2, -0.15) is 0 Å². The third kappa shape index (κ3) is 3.54. The van der Waals surface area contributed by atoms with Crippen molar-refractivity contribution in [3.63, 3.8) is 0 Å². The lowest BCUT2D eigenvalue weighted by Crippen LogP contribution is -2.30. The van der Waals surface area contributed by atoms with Gasteiger partial charge in [0, 0.05) is 10.6 Å². The van der Waals surface area contributed by atoms with E-state index in [1.54, 1.807) is 28.4 Å². The van der Waals surface area contributed by atoms with Gasteiger partial charge < -0.3 is 4.90 Å². The monoisotopic (exact) mass is 339 g/mol. The maximum absolute atomic E-state index is 14.1. The average molecular weight is 339 g/mol. The van der Waals surface area contributed by atoms with Gasteiger partial charge in [0.05, 0.1) is 12.1 Å². The number of amides is 1. The molecule has 0 spiro atoms. The molecule has 1 heterocycles. The number of carbonyl (C=O) groups excluding carboxylic acids is 1. The number of aryl methyl sites for hydroxylation is 1. The Morgan fingerprint density at radius 2 is 1.79 bits per heavy atom. The summed E-state index contributed by atoms with van der Waals surface area (Å²) in [5, 5.41) is 1.97. The minimum Gasteiger partial charge on any atom is -0.303 e. The van der Waals surface area contributed by atoms with Crippen molar-refractivity contribution in [3.05, 3.63) is 87.9 Å². The van der Waals surface area contributed by atoms with Gasteiger partial charge in [0.25, 0.3) is 5.91 Å². The number of benzene rings is 2. The number of thiophene rings is 1. The van der Waals surface area contributed by atoms with Crippen LogP contribution in [0.2, 0.25) is 0 Å². The number of hydrogen-bond donors (Lipinski definition) is 0. The van der Waals surface area contributed by atoms with Crippen LogP contribution >= 0.6 is 11.3 Å². The van der Waals surface area contributed by atoms with Gasteiger partial charge in [0.1, 0.15) is 5.82 Å². The van der Waals surface area contributed by atoms with E-state index in [1.165, 1.54) is 17.7 Å². The molecule has 0 saturated carbocycles. The van der Waals surface area contributed by atoms with E-state index in [4.69, 9.17) is 0 Å². The van der Waals surface area contributed by atoms with Gasteiger partial charge in [0.2, 0.25) is 0 Å². The molecular formula is C20H18FNOS. The Hall–Kier alpha value is -2.46. The summed E-state index contributed by atoms with van der Waals surface area (Å²) < 4.78 is 14.1. The zero-order chi connectivity index (χ0) is 16.9. The number of rotatable bonds is 5. The van der Waals surface area contributed by atoms with E-state index in [0.717, 1.165) is 17.0 Å². The summed E-state index contributed by atoms with van der Waals surface area (Å²) in [5.41, 5.74) is 2.07. The summed E-state index contributed by atoms with van der Waals surface area (Å²) in [4.78, 5) is 15.6. The van der Waals surface area contributed by atoms with Gasteiger partial charge in [-0.1, -0.05) is 37.3 Å². The van der Waals surface area contributed by atoms with E-state index >= 15 is 0 Å². The van der Waals surface area contributed by atoms with Crippen molar-refractivity contribution in [2.45, 2.75) is 19.9 Å². The highest BCUT2D eigenvalue weighted by atomic mass is 32.1. The zero-order valence-electron chi connectivity index (χ0n) is 13.4. The maximum atomic E-state index is 14.1. The Labute approximate surface area is 145 Å². The lowest BCUT2D eigenvalue weighted by molar-refractivity contribution is 0.0981. The third-order valence-electron chi connectivity index (χ3n) is 3.90. The molecule has 2 aromatic carbocycles. The molecule has 0 aliphatic carbocycles. The molecule has 1 aromatic heterocycles. The predicted octanol–water partition coefficient (Wildman–Crippen LogP) is 5.30. The fourth-order valence-electron chi connectivity index (χ4n) is 2.53. The second-order valence-corrected chi connectivity index (χ2v) is 6.50. The van der Waals surface area contributed by atoms with Crippen LogP contribution in [0, 0.1) is 5.82 Å². The highest BCUT2D eigenvalue weighted by Crippen LogP contribution is 2.23. The maximum Gasteiger partial charge on any atom is 0.261 e. The van der Waals surface area contributed by atoms with Crippen molar-refractivity contribution in [2.24, 2.45) is 0 Å². The van der Waals surface area contributed by atoms with Crippen molar-refractivity contribution in [2.75, 3.05) is 4.90 Å². The van der Waals surface area contributed by atoms with Gasteiger partial charge in [-0.3, -0.25) is 4.79 Å². The Morgan fingerprint density at radius 1 is 1.04 bits per heavy atom. The summed E-state index contributed by atoms with van der Waals surface area (Å²) in [5.74, 6) is -0.824. The molecule has 0 bridgehead atoms. The smallest absolute Gasteiger partial charge is 0.261 e. The Bertz CT molecular complexity index is 812. The van der Waals surface area contributed by atoms with Crippen LogP contribution in [0.25, 0.3) is 0 Å². The van der Waals surface area contributed by atoms with Crippen LogP contribution in [-0.2, 0) is 13.0 Å². The Kier molecular flexibility index (Phi) is 5.06. The van der Waals surface area contributed by atoms with Crippen molar-refractivity contribution in [3.8, 4) is 0 Å². The van der Waals surface area contributed by atoms with E-state index in [2.05, 4.69) is 6.92 Å². The molecule has 0 fully saturated rings. The second kappa shape index (κ2) is 7.41. The first-order chi connectivity index (χ1) is 11.7. The number of halogens is 1. The highest BCUT2D eigenvalue weighted by molar-refractivity contribution is 7.09. The first-order valence-electron chi connectivity index (χ1n) is 7.86. The van der Waals surface area contributed by atoms with Gasteiger partial charge in [-0.25, -0.2) is 4.39 Å². The zero-order valence-corrected chi connectivity index (χ0v) is 14.2. The Balaban J connectivity index is 1.97. The average Bonchev–Trinajstić information content (AvgIpc) is 3.13. The number of carbonyl (C=O) groups is 1. The van der Waals surface area contributed by atoms with Crippen molar-refractivity contribution in [1.29, 1.82) is 0 Å². The molecule has 1 amide bonds. The fourth-order valence-corrected chi connectivity index (χ4v) is 3.22. The quantitative estimate of drug-likeness (QED) is 0.618. The number of hydrogen-bond acceptors (Lipinski definition) is 2. The van der Waals surface area contributed by atoms with Crippen LogP contribution in [0.4, 0.5) is 10.1 Å². The van der Waals surface area contributed by atoms with E-state index in [0.29, 0.717) is 6.54 Å². The van der Waals surface area contributed by atoms with E-state index in [9.17, 15) is 9.18 Å². The van der Waals surface area contributed by atoms with E-state index in [-0.39, 0.29) is 11.5 Å². The van der Waals surface area contributed by atoms with Crippen molar-refractivity contribution in [1.82, 2.24) is 0 Å². The molecule has 0 aliphatic heterocycles. The molecule has 2 nitrogen and oxygen atoms in total. The lowest BCUT2D eigenvalue weighted by Gasteiger charge is -2.23. The van der Waals surface area contributed by atoms with Gasteiger partial charge in [-0.05, 0) is 47.7 Å². The topological polar surface area (TPSA) is 20.3 Å². The minimum atomic E-state index is -0.496. The number of nitrogens with zero attached hydrogens (tertiary/aromatic N) is 1. The summed E-state index contributed by atoms with van der Waals surface area (Å²) in [7, 11) is 0. The van der Waals surface area contributed by atoms with Crippen LogP contribution in [-0.4, -0.2) is 5.91 Å². The molecule has 24 heavy (non-hydrogen) atoms. The molecule has 0 atom stereocenters. The van der Waals surface area contributed by atoms with Crippen LogP contribution in [0.3, 0.4) is 0 Å². The number of anilines is 1. The van der Waals surface area contributed by atoms with Crippen molar-refractivity contribution < 1.29 is 9.18 Å². The molecule has 0 radical (unpaired) electrons. The first kappa shape index (κ1) is 16.4. The lowest BCUT2D eigenvalue weighted by atomic mass is 10.1. The van der Waals surface area contributed by atoms with Crippen LogP contribution in [0.5, 0.6) is 0 Å². The molecule has 0 N–H and O–H groups in total. The molecule has 0 saturated heterocycles. The van der Waals surface area contributed by atoms with E-state index < -0.39 is 5.82 Å². The molecule has 3 rings (SSSR count). The first-order valence-corrected chi connectivity index (χ1v) is 8.74. The highest BCUT2D eigenvalue weighted by Gasteiger charge is 2.21. The van der Waals surface area contributed by atoms with E-state index in [1.807, 2.05) is 41.8 Å². The normalized spacial score (nSPS) is 10.6. The molecule has 0 unspecified atom stereocenters. The second-order valence-electron chi connectivity index (χ2n) is 5.47. The summed E-state index contributed by atoms with van der Waals surface area (Å²) in [6.07, 6.45) is 0.937. The SMILES string of the molecule is CCc1ccc(N(Cc2cccs2)C(=O)c2ccccc2F)cc1. The van der Waals surface area contributed by atoms with Gasteiger partial charge in [-0.15, -0.1) is 11.3 Å². The summed E-state index contributed by atoms with van der Waals surface area (Å²) >= 11 is 1.58. The molecule has 4 heteroatoms. The Morgan fingerprint density at radius 3 is 2.42 bits per heavy atom. The van der Waals surface area contributed by atoms with Gasteiger partial charge >= 0.3 is 0 Å². The summed E-state index contributed by atoms with van der Waals surface area (Å²) in [6, 6.07) is 17.9. The van der Waals surface area contributed by atoms with Gasteiger partial charge in [0.15, 0.2) is 0 Å². The largest absolute Gasteiger partial charge is 0.303 e. The van der Waals surface area contributed by atoms with Crippen LogP contribution in [0.15, 0.2) is 66.0 Å². The molecular weight excluding hydrogens is 321 g/mol. The van der Waals surface area contributed by atoms with Crippen LogP contribution in [0.1, 0.15) is 27.7 Å². The molecule has 0 aliphatic rings. The third-order valence-corrected chi connectivity index (χ3v) is 4.76. The van der Waals surface area contributed by atoms with Crippen molar-refractivity contribution >= 4 is 22.9 Å². The predicted molar refractivity (Wildman–Crippen MR) is 97.1 cm³/mol. The minimum absolute atomic E-state index is 0.0913. The van der Waals surface area contributed by atoms with Crippen LogP contribution < -0.4 is 4.90 Å². The summed E-state index contributed by atoms with van der Waals surface area (Å²) in [6.45, 7) is 2.51. The molecule has 122 valence electrons. The molecule has 3 aromatic rings.